The van der Waals surface area contributed by atoms with Crippen LogP contribution in [-0.4, -0.2) is 29.5 Å². The smallest absolute Gasteiger partial charge is 0.188 e. The number of nitrogens with two attached hydrogens (primary N) is 1. The summed E-state index contributed by atoms with van der Waals surface area (Å²) in [5, 5.41) is 3.14. The van der Waals surface area contributed by atoms with E-state index < -0.39 is 0 Å². The molecule has 0 bridgehead atoms. The number of thioether (sulfide) groups is 1. The normalized spacial score (nSPS) is 14.3. The minimum Gasteiger partial charge on any atom is -0.370 e. The minimum atomic E-state index is 0. The molecule has 0 aliphatic rings. The predicted molar refractivity (Wildman–Crippen MR) is 82.4 cm³/mol. The van der Waals surface area contributed by atoms with Gasteiger partial charge < -0.3 is 11.1 Å². The predicted octanol–water partition coefficient (Wildman–Crippen LogP) is 2.45. The maximum absolute atomic E-state index is 5.74. The van der Waals surface area contributed by atoms with E-state index in [0.29, 0.717) is 12.0 Å². The van der Waals surface area contributed by atoms with Gasteiger partial charge in [0, 0.05) is 10.8 Å². The van der Waals surface area contributed by atoms with E-state index >= 15 is 0 Å². The van der Waals surface area contributed by atoms with E-state index in [9.17, 15) is 0 Å². The Morgan fingerprint density at radius 1 is 1.53 bits per heavy atom. The fraction of sp³-hybridized carbons (Fsp3) is 0.900. The maximum atomic E-state index is 5.74. The van der Waals surface area contributed by atoms with Crippen molar-refractivity contribution in [3.63, 3.8) is 0 Å². The highest BCUT2D eigenvalue weighted by molar-refractivity contribution is 14.0. The van der Waals surface area contributed by atoms with Crippen LogP contribution in [0.5, 0.6) is 0 Å². The first-order valence-corrected chi connectivity index (χ1v) is 6.25. The standard InChI is InChI=1S/C10H23N3S.HI/c1-6-8(2)13-9(11)12-7-10(3,4)14-5;/h8H,6-7H2,1-5H3,(H3,11,12,13);1H. The molecule has 0 aromatic rings. The van der Waals surface area contributed by atoms with Crippen LogP contribution in [0.1, 0.15) is 34.1 Å². The van der Waals surface area contributed by atoms with Crippen LogP contribution in [0.2, 0.25) is 0 Å². The van der Waals surface area contributed by atoms with E-state index in [4.69, 9.17) is 5.73 Å². The third kappa shape index (κ3) is 9.29. The minimum absolute atomic E-state index is 0. The number of halogens is 1. The first-order chi connectivity index (χ1) is 6.41. The first kappa shape index (κ1) is 17.7. The highest BCUT2D eigenvalue weighted by atomic mass is 127. The second-order valence-electron chi connectivity index (χ2n) is 4.12. The number of hydrogen-bond acceptors (Lipinski definition) is 2. The number of rotatable bonds is 5. The summed E-state index contributed by atoms with van der Waals surface area (Å²) in [7, 11) is 0. The molecule has 5 heteroatoms. The molecule has 0 amide bonds. The molecule has 0 aliphatic carbocycles. The van der Waals surface area contributed by atoms with Gasteiger partial charge in [-0.15, -0.1) is 24.0 Å². The van der Waals surface area contributed by atoms with Crippen LogP contribution in [-0.2, 0) is 0 Å². The molecule has 0 aliphatic heterocycles. The number of nitrogens with zero attached hydrogens (tertiary/aromatic N) is 1. The molecular weight excluding hydrogens is 321 g/mol. The van der Waals surface area contributed by atoms with Gasteiger partial charge in [-0.3, -0.25) is 4.99 Å². The van der Waals surface area contributed by atoms with Crippen molar-refractivity contribution in [2.45, 2.75) is 44.9 Å². The summed E-state index contributed by atoms with van der Waals surface area (Å²) in [6.45, 7) is 9.30. The van der Waals surface area contributed by atoms with Gasteiger partial charge in [0.1, 0.15) is 0 Å². The van der Waals surface area contributed by atoms with Gasteiger partial charge in [-0.05, 0) is 33.4 Å². The van der Waals surface area contributed by atoms with E-state index in [1.807, 2.05) is 0 Å². The third-order valence-electron chi connectivity index (χ3n) is 2.19. The van der Waals surface area contributed by atoms with E-state index in [1.54, 1.807) is 11.8 Å². The summed E-state index contributed by atoms with van der Waals surface area (Å²) in [6.07, 6.45) is 3.15. The zero-order valence-electron chi connectivity index (χ0n) is 10.3. The highest BCUT2D eigenvalue weighted by Gasteiger charge is 2.14. The molecular formula is C10H24IN3S. The second kappa shape index (κ2) is 8.50. The molecule has 0 saturated carbocycles. The molecule has 0 aromatic carbocycles. The fourth-order valence-electron chi connectivity index (χ4n) is 0.740. The van der Waals surface area contributed by atoms with Gasteiger partial charge in [-0.1, -0.05) is 6.92 Å². The molecule has 3 nitrogen and oxygen atoms in total. The van der Waals surface area contributed by atoms with Crippen LogP contribution in [0.4, 0.5) is 0 Å². The van der Waals surface area contributed by atoms with E-state index in [-0.39, 0.29) is 28.7 Å². The fourth-order valence-corrected chi connectivity index (χ4v) is 0.934. The Kier molecular flexibility index (Phi) is 10.0. The van der Waals surface area contributed by atoms with Crippen LogP contribution in [0, 0.1) is 0 Å². The Bertz CT molecular complexity index is 195. The second-order valence-corrected chi connectivity index (χ2v) is 5.63. The number of guanidine groups is 1. The Hall–Kier alpha value is 0.350. The summed E-state index contributed by atoms with van der Waals surface area (Å²) in [5.41, 5.74) is 5.74. The quantitative estimate of drug-likeness (QED) is 0.457. The number of hydrogen-bond donors (Lipinski definition) is 2. The van der Waals surface area contributed by atoms with Crippen molar-refractivity contribution in [3.05, 3.63) is 0 Å². The molecule has 0 heterocycles. The monoisotopic (exact) mass is 345 g/mol. The summed E-state index contributed by atoms with van der Waals surface area (Å²) < 4.78 is 0.168. The van der Waals surface area contributed by atoms with Crippen LogP contribution in [0.3, 0.4) is 0 Å². The largest absolute Gasteiger partial charge is 0.370 e. The van der Waals surface area contributed by atoms with Gasteiger partial charge in [0.15, 0.2) is 5.96 Å². The summed E-state index contributed by atoms with van der Waals surface area (Å²) >= 11 is 1.80. The molecule has 3 N–H and O–H groups in total. The van der Waals surface area contributed by atoms with E-state index in [0.717, 1.165) is 13.0 Å². The van der Waals surface area contributed by atoms with Crippen molar-refractivity contribution < 1.29 is 0 Å². The van der Waals surface area contributed by atoms with E-state index in [2.05, 4.69) is 44.3 Å². The van der Waals surface area contributed by atoms with Crippen molar-refractivity contribution in [2.75, 3.05) is 12.8 Å². The topological polar surface area (TPSA) is 50.4 Å². The Balaban J connectivity index is 0. The zero-order valence-corrected chi connectivity index (χ0v) is 13.5. The number of nitrogens with one attached hydrogen (secondary N) is 1. The Morgan fingerprint density at radius 2 is 2.07 bits per heavy atom. The molecule has 0 aromatic heterocycles. The molecule has 1 atom stereocenters. The Morgan fingerprint density at radius 3 is 2.47 bits per heavy atom. The average molecular weight is 345 g/mol. The van der Waals surface area contributed by atoms with Crippen LogP contribution < -0.4 is 11.1 Å². The van der Waals surface area contributed by atoms with Crippen molar-refractivity contribution in [1.82, 2.24) is 5.32 Å². The summed E-state index contributed by atoms with van der Waals surface area (Å²) in [4.78, 5) is 4.32. The van der Waals surface area contributed by atoms with Crippen LogP contribution in [0.15, 0.2) is 4.99 Å². The molecule has 0 spiro atoms. The molecule has 1 unspecified atom stereocenters. The van der Waals surface area contributed by atoms with Gasteiger partial charge in [0.05, 0.1) is 6.54 Å². The lowest BCUT2D eigenvalue weighted by Crippen LogP contribution is -2.39. The number of aliphatic imine (C=N–C) groups is 1. The Labute approximate surface area is 115 Å². The van der Waals surface area contributed by atoms with E-state index in [1.165, 1.54) is 0 Å². The van der Waals surface area contributed by atoms with Gasteiger partial charge in [-0.2, -0.15) is 11.8 Å². The molecule has 0 fully saturated rings. The third-order valence-corrected chi connectivity index (χ3v) is 3.42. The summed E-state index contributed by atoms with van der Waals surface area (Å²) in [6, 6.07) is 0.399. The van der Waals surface area contributed by atoms with Gasteiger partial charge in [0.2, 0.25) is 0 Å². The van der Waals surface area contributed by atoms with Crippen molar-refractivity contribution >= 4 is 41.7 Å². The van der Waals surface area contributed by atoms with Crippen LogP contribution in [0.25, 0.3) is 0 Å². The van der Waals surface area contributed by atoms with Crippen molar-refractivity contribution in [2.24, 2.45) is 10.7 Å². The molecule has 92 valence electrons. The van der Waals surface area contributed by atoms with Gasteiger partial charge >= 0.3 is 0 Å². The molecule has 0 radical (unpaired) electrons. The molecule has 0 rings (SSSR count). The molecule has 15 heavy (non-hydrogen) atoms. The van der Waals surface area contributed by atoms with Gasteiger partial charge in [0.25, 0.3) is 0 Å². The average Bonchev–Trinajstić information content (AvgIpc) is 2.15. The first-order valence-electron chi connectivity index (χ1n) is 5.03. The zero-order chi connectivity index (χ0) is 11.2. The van der Waals surface area contributed by atoms with Crippen LogP contribution >= 0.6 is 35.7 Å². The lowest BCUT2D eigenvalue weighted by atomic mass is 10.2. The lowest BCUT2D eigenvalue weighted by Gasteiger charge is -2.20. The van der Waals surface area contributed by atoms with Gasteiger partial charge in [-0.25, -0.2) is 0 Å². The molecule has 0 saturated heterocycles. The maximum Gasteiger partial charge on any atom is 0.188 e. The lowest BCUT2D eigenvalue weighted by molar-refractivity contribution is 0.632. The highest BCUT2D eigenvalue weighted by Crippen LogP contribution is 2.20. The van der Waals surface area contributed by atoms with Crippen molar-refractivity contribution in [1.29, 1.82) is 0 Å². The van der Waals surface area contributed by atoms with Crippen molar-refractivity contribution in [3.8, 4) is 0 Å². The summed E-state index contributed by atoms with van der Waals surface area (Å²) in [5.74, 6) is 0.557. The SMILES string of the molecule is CCC(C)NC(N)=NCC(C)(C)SC.I.